The lowest BCUT2D eigenvalue weighted by molar-refractivity contribution is -0.145. The molecule has 0 heterocycles. The van der Waals surface area contributed by atoms with Crippen LogP contribution in [0.15, 0.2) is 18.2 Å². The zero-order chi connectivity index (χ0) is 14.6. The highest BCUT2D eigenvalue weighted by atomic mass is 35.5. The van der Waals surface area contributed by atoms with E-state index in [1.165, 1.54) is 20.1 Å². The van der Waals surface area contributed by atoms with Gasteiger partial charge in [-0.1, -0.05) is 17.7 Å². The Labute approximate surface area is 116 Å². The van der Waals surface area contributed by atoms with Gasteiger partial charge in [-0.05, 0) is 31.5 Å². The lowest BCUT2D eigenvalue weighted by Crippen LogP contribution is -2.55. The maximum atomic E-state index is 12.0. The summed E-state index contributed by atoms with van der Waals surface area (Å²) < 4.78 is 4.83. The average molecular weight is 286 g/mol. The molecule has 1 aromatic carbocycles. The first kappa shape index (κ1) is 15.5. The number of amides is 1. The molecule has 1 atom stereocenters. The second kappa shape index (κ2) is 6.04. The number of benzene rings is 1. The van der Waals surface area contributed by atoms with Crippen LogP contribution in [-0.2, 0) is 9.53 Å². The molecule has 0 aliphatic carbocycles. The van der Waals surface area contributed by atoms with E-state index in [1.54, 1.807) is 12.1 Å². The Balaban J connectivity index is 2.94. The number of aryl methyl sites for hydroxylation is 1. The van der Waals surface area contributed by atoms with Gasteiger partial charge in [-0.15, -0.1) is 0 Å². The summed E-state index contributed by atoms with van der Waals surface area (Å²) >= 11 is 5.93. The largest absolute Gasteiger partial charge is 0.479 e. The fraction of sp³-hybridized carbons (Fsp3) is 0.385. The van der Waals surface area contributed by atoms with Crippen LogP contribution >= 0.6 is 11.6 Å². The summed E-state index contributed by atoms with van der Waals surface area (Å²) in [7, 11) is 1.37. The van der Waals surface area contributed by atoms with Crippen LogP contribution in [0.5, 0.6) is 0 Å². The minimum absolute atomic E-state index is 0.131. The highest BCUT2D eigenvalue weighted by Gasteiger charge is 2.35. The van der Waals surface area contributed by atoms with E-state index in [0.717, 1.165) is 5.56 Å². The van der Waals surface area contributed by atoms with Crippen molar-refractivity contribution in [2.24, 2.45) is 0 Å². The topological polar surface area (TPSA) is 75.6 Å². The van der Waals surface area contributed by atoms with Crippen molar-refractivity contribution in [2.75, 3.05) is 13.7 Å². The third-order valence-electron chi connectivity index (χ3n) is 2.73. The zero-order valence-electron chi connectivity index (χ0n) is 11.0. The van der Waals surface area contributed by atoms with E-state index in [-0.39, 0.29) is 6.61 Å². The van der Waals surface area contributed by atoms with Crippen LogP contribution in [-0.4, -0.2) is 36.2 Å². The van der Waals surface area contributed by atoms with Gasteiger partial charge in [-0.2, -0.15) is 0 Å². The lowest BCUT2D eigenvalue weighted by atomic mass is 10.0. The predicted molar refractivity (Wildman–Crippen MR) is 71.6 cm³/mol. The van der Waals surface area contributed by atoms with Crippen LogP contribution in [0, 0.1) is 6.92 Å². The molecule has 6 heteroatoms. The van der Waals surface area contributed by atoms with Gasteiger partial charge in [0, 0.05) is 17.7 Å². The number of aliphatic carboxylic acids is 1. The predicted octanol–water partition coefficient (Wildman–Crippen LogP) is 1.87. The maximum Gasteiger partial charge on any atom is 0.331 e. The summed E-state index contributed by atoms with van der Waals surface area (Å²) in [4.78, 5) is 23.2. The fourth-order valence-corrected chi connectivity index (χ4v) is 1.68. The van der Waals surface area contributed by atoms with Crippen LogP contribution in [0.1, 0.15) is 22.8 Å². The summed E-state index contributed by atoms with van der Waals surface area (Å²) in [6, 6.07) is 4.79. The van der Waals surface area contributed by atoms with Gasteiger partial charge in [0.25, 0.3) is 5.91 Å². The number of hydrogen-bond acceptors (Lipinski definition) is 3. The number of ether oxygens (including phenoxy) is 1. The minimum Gasteiger partial charge on any atom is -0.479 e. The molecule has 1 aromatic rings. The number of carboxylic acid groups (broad SMARTS) is 1. The van der Waals surface area contributed by atoms with Gasteiger partial charge in [0.15, 0.2) is 5.54 Å². The summed E-state index contributed by atoms with van der Waals surface area (Å²) in [6.07, 6.45) is 0. The number of hydrogen-bond donors (Lipinski definition) is 2. The first-order valence-electron chi connectivity index (χ1n) is 5.61. The van der Waals surface area contributed by atoms with Crippen molar-refractivity contribution >= 4 is 23.5 Å². The Bertz CT molecular complexity index is 503. The Morgan fingerprint density at radius 3 is 2.58 bits per heavy atom. The Kier molecular flexibility index (Phi) is 4.91. The Morgan fingerprint density at radius 1 is 1.47 bits per heavy atom. The molecule has 5 nitrogen and oxygen atoms in total. The maximum absolute atomic E-state index is 12.0. The van der Waals surface area contributed by atoms with E-state index in [9.17, 15) is 9.59 Å². The molecule has 0 aliphatic rings. The van der Waals surface area contributed by atoms with Crippen LogP contribution < -0.4 is 5.32 Å². The molecule has 0 aromatic heterocycles. The summed E-state index contributed by atoms with van der Waals surface area (Å²) in [5.74, 6) is -1.68. The minimum atomic E-state index is -1.48. The van der Waals surface area contributed by atoms with E-state index >= 15 is 0 Å². The Hall–Kier alpha value is -1.59. The first-order chi connectivity index (χ1) is 8.80. The smallest absolute Gasteiger partial charge is 0.331 e. The fourth-order valence-electron chi connectivity index (χ4n) is 1.50. The van der Waals surface area contributed by atoms with Gasteiger partial charge in [0.2, 0.25) is 0 Å². The number of nitrogens with one attached hydrogen (secondary N) is 1. The van der Waals surface area contributed by atoms with Gasteiger partial charge in [0.05, 0.1) is 6.61 Å². The summed E-state index contributed by atoms with van der Waals surface area (Å²) in [6.45, 7) is 3.07. The molecular formula is C13H16ClNO4. The monoisotopic (exact) mass is 285 g/mol. The Morgan fingerprint density at radius 2 is 2.11 bits per heavy atom. The van der Waals surface area contributed by atoms with Gasteiger partial charge < -0.3 is 15.2 Å². The quantitative estimate of drug-likeness (QED) is 0.866. The highest BCUT2D eigenvalue weighted by molar-refractivity contribution is 6.31. The van der Waals surface area contributed by atoms with Crippen LogP contribution in [0.3, 0.4) is 0 Å². The van der Waals surface area contributed by atoms with E-state index in [0.29, 0.717) is 10.6 Å². The molecular weight excluding hydrogens is 270 g/mol. The number of carbonyl (C=O) groups excluding carboxylic acids is 1. The normalized spacial score (nSPS) is 13.7. The molecule has 0 aliphatic heterocycles. The van der Waals surface area contributed by atoms with E-state index in [1.807, 2.05) is 6.92 Å². The van der Waals surface area contributed by atoms with Crippen molar-refractivity contribution in [3.8, 4) is 0 Å². The SMILES string of the molecule is COCC(C)(NC(=O)c1ccc(C)c(Cl)c1)C(=O)O. The van der Waals surface area contributed by atoms with Gasteiger partial charge in [0.1, 0.15) is 0 Å². The third kappa shape index (κ3) is 3.68. The van der Waals surface area contributed by atoms with Crippen LogP contribution in [0.4, 0.5) is 0 Å². The molecule has 2 N–H and O–H groups in total. The second-order valence-electron chi connectivity index (χ2n) is 4.49. The van der Waals surface area contributed by atoms with E-state index in [2.05, 4.69) is 5.32 Å². The summed E-state index contributed by atoms with van der Waals surface area (Å²) in [5.41, 5.74) is -0.335. The van der Waals surface area contributed by atoms with Gasteiger partial charge >= 0.3 is 5.97 Å². The number of methoxy groups -OCH3 is 1. The van der Waals surface area contributed by atoms with E-state index < -0.39 is 17.4 Å². The van der Waals surface area contributed by atoms with Crippen LogP contribution in [0.2, 0.25) is 5.02 Å². The molecule has 0 fully saturated rings. The number of carbonyl (C=O) groups is 2. The van der Waals surface area contributed by atoms with Crippen molar-refractivity contribution < 1.29 is 19.4 Å². The average Bonchev–Trinajstić information content (AvgIpc) is 2.32. The molecule has 0 saturated heterocycles. The molecule has 0 spiro atoms. The number of rotatable bonds is 5. The van der Waals surface area contributed by atoms with Crippen molar-refractivity contribution in [2.45, 2.75) is 19.4 Å². The second-order valence-corrected chi connectivity index (χ2v) is 4.90. The summed E-state index contributed by atoms with van der Waals surface area (Å²) in [5, 5.41) is 12.0. The zero-order valence-corrected chi connectivity index (χ0v) is 11.7. The van der Waals surface area contributed by atoms with Crippen molar-refractivity contribution in [1.29, 1.82) is 0 Å². The highest BCUT2D eigenvalue weighted by Crippen LogP contribution is 2.17. The number of halogens is 1. The molecule has 0 bridgehead atoms. The van der Waals surface area contributed by atoms with Gasteiger partial charge in [-0.3, -0.25) is 4.79 Å². The first-order valence-corrected chi connectivity index (χ1v) is 5.99. The molecule has 0 radical (unpaired) electrons. The standard InChI is InChI=1S/C13H16ClNO4/c1-8-4-5-9(6-10(8)14)11(16)15-13(2,7-19-3)12(17)18/h4-6H,7H2,1-3H3,(H,15,16)(H,17,18). The van der Waals surface area contributed by atoms with E-state index in [4.69, 9.17) is 21.4 Å². The molecule has 19 heavy (non-hydrogen) atoms. The van der Waals surface area contributed by atoms with Crippen LogP contribution in [0.25, 0.3) is 0 Å². The van der Waals surface area contributed by atoms with Gasteiger partial charge in [-0.25, -0.2) is 4.79 Å². The molecule has 104 valence electrons. The van der Waals surface area contributed by atoms with Crippen molar-refractivity contribution in [1.82, 2.24) is 5.32 Å². The molecule has 1 unspecified atom stereocenters. The third-order valence-corrected chi connectivity index (χ3v) is 3.14. The molecule has 1 amide bonds. The molecule has 1 rings (SSSR count). The molecule has 0 saturated carbocycles. The van der Waals surface area contributed by atoms with Crippen molar-refractivity contribution in [3.63, 3.8) is 0 Å². The number of carboxylic acids is 1. The lowest BCUT2D eigenvalue weighted by Gasteiger charge is -2.25. The van der Waals surface area contributed by atoms with Crippen molar-refractivity contribution in [3.05, 3.63) is 34.3 Å².